The molecule has 200 valence electrons. The predicted molar refractivity (Wildman–Crippen MR) is 153 cm³/mol. The molecule has 2 rings (SSSR count). The van der Waals surface area contributed by atoms with Crippen LogP contribution in [0.15, 0.2) is 73.3 Å². The predicted octanol–water partition coefficient (Wildman–Crippen LogP) is 6.22. The Balaban J connectivity index is 2.00. The quantitative estimate of drug-likeness (QED) is 0.118. The minimum atomic E-state index is -2.50. The normalized spacial score (nSPS) is 14.8. The number of methoxy groups -OCH3 is 1. The molecule has 0 aromatic heterocycles. The van der Waals surface area contributed by atoms with Gasteiger partial charge in [0, 0.05) is 13.2 Å². The third-order valence-electron chi connectivity index (χ3n) is 6.91. The molecule has 1 unspecified atom stereocenters. The summed E-state index contributed by atoms with van der Waals surface area (Å²) in [4.78, 5) is 0. The van der Waals surface area contributed by atoms with Gasteiger partial charge in [0.05, 0.1) is 12.2 Å². The molecule has 0 radical (unpaired) electrons. The lowest BCUT2D eigenvalue weighted by Crippen LogP contribution is -2.67. The van der Waals surface area contributed by atoms with E-state index in [2.05, 4.69) is 94.9 Å². The fraction of sp³-hybridized carbons (Fsp3) is 0.548. The molecule has 2 aromatic carbocycles. The highest BCUT2D eigenvalue weighted by Crippen LogP contribution is 2.38. The Hall–Kier alpha value is -1.76. The molecule has 0 saturated carbocycles. The number of benzene rings is 2. The zero-order valence-electron chi connectivity index (χ0n) is 23.1. The SMILES string of the molecule is C=CC(O)CC[C@H](CCCCC[C@H](C)O[Si](c1ccccc1)(c1ccccc1)C(C)(C)C)OCOC. The van der Waals surface area contributed by atoms with Crippen molar-refractivity contribution in [3.8, 4) is 0 Å². The van der Waals surface area contributed by atoms with E-state index in [1.807, 2.05) is 0 Å². The second-order valence-corrected chi connectivity index (χ2v) is 15.1. The summed E-state index contributed by atoms with van der Waals surface area (Å²) in [5.41, 5.74) is 0. The average Bonchev–Trinajstić information content (AvgIpc) is 2.88. The molecule has 0 aliphatic carbocycles. The third kappa shape index (κ3) is 8.96. The maximum Gasteiger partial charge on any atom is 0.261 e. The second-order valence-electron chi connectivity index (χ2n) is 10.8. The van der Waals surface area contributed by atoms with Gasteiger partial charge in [0.15, 0.2) is 0 Å². The van der Waals surface area contributed by atoms with Crippen LogP contribution in [0.4, 0.5) is 0 Å². The van der Waals surface area contributed by atoms with Gasteiger partial charge in [0.2, 0.25) is 0 Å². The number of ether oxygens (including phenoxy) is 2. The van der Waals surface area contributed by atoms with Crippen LogP contribution in [0.2, 0.25) is 5.04 Å². The van der Waals surface area contributed by atoms with Crippen molar-refractivity contribution in [1.29, 1.82) is 0 Å². The third-order valence-corrected chi connectivity index (χ3v) is 12.1. The van der Waals surface area contributed by atoms with Gasteiger partial charge in [-0.1, -0.05) is 107 Å². The van der Waals surface area contributed by atoms with Gasteiger partial charge in [-0.05, 0) is 48.0 Å². The number of rotatable bonds is 17. The molecule has 0 aliphatic rings. The molecular formula is C31H48O4Si. The Morgan fingerprint density at radius 3 is 1.92 bits per heavy atom. The van der Waals surface area contributed by atoms with Crippen LogP contribution in [-0.2, 0) is 13.9 Å². The zero-order chi connectivity index (χ0) is 26.4. The topological polar surface area (TPSA) is 47.9 Å². The smallest absolute Gasteiger partial charge is 0.261 e. The number of hydrogen-bond acceptors (Lipinski definition) is 4. The van der Waals surface area contributed by atoms with Gasteiger partial charge in [0.25, 0.3) is 8.32 Å². The molecule has 5 heteroatoms. The summed E-state index contributed by atoms with van der Waals surface area (Å²) in [6.45, 7) is 13.2. The van der Waals surface area contributed by atoms with Crippen LogP contribution < -0.4 is 10.4 Å². The molecule has 0 aliphatic heterocycles. The summed E-state index contributed by atoms with van der Waals surface area (Å²) in [6, 6.07) is 21.7. The van der Waals surface area contributed by atoms with Crippen LogP contribution in [-0.4, -0.2) is 45.6 Å². The van der Waals surface area contributed by atoms with E-state index in [1.54, 1.807) is 13.2 Å². The fourth-order valence-corrected chi connectivity index (χ4v) is 9.72. The van der Waals surface area contributed by atoms with Crippen molar-refractivity contribution in [3.63, 3.8) is 0 Å². The first kappa shape index (κ1) is 30.5. The molecule has 36 heavy (non-hydrogen) atoms. The van der Waals surface area contributed by atoms with E-state index in [0.29, 0.717) is 6.42 Å². The van der Waals surface area contributed by atoms with Crippen molar-refractivity contribution < 1.29 is 19.0 Å². The maximum absolute atomic E-state index is 9.80. The van der Waals surface area contributed by atoms with E-state index < -0.39 is 14.4 Å². The molecule has 3 atom stereocenters. The zero-order valence-corrected chi connectivity index (χ0v) is 24.1. The highest BCUT2D eigenvalue weighted by Gasteiger charge is 2.50. The van der Waals surface area contributed by atoms with Gasteiger partial charge < -0.3 is 19.0 Å². The molecule has 0 fully saturated rings. The Bertz CT molecular complexity index is 810. The monoisotopic (exact) mass is 512 g/mol. The van der Waals surface area contributed by atoms with Crippen molar-refractivity contribution in [3.05, 3.63) is 73.3 Å². The van der Waals surface area contributed by atoms with Gasteiger partial charge in [-0.15, -0.1) is 6.58 Å². The number of aliphatic hydroxyl groups is 1. The lowest BCUT2D eigenvalue weighted by atomic mass is 10.0. The number of unbranched alkanes of at least 4 members (excludes halogenated alkanes) is 2. The van der Waals surface area contributed by atoms with Crippen LogP contribution in [0.3, 0.4) is 0 Å². The molecule has 2 aromatic rings. The van der Waals surface area contributed by atoms with Crippen molar-refractivity contribution in [1.82, 2.24) is 0 Å². The molecule has 1 N–H and O–H groups in total. The van der Waals surface area contributed by atoms with Crippen LogP contribution in [0, 0.1) is 0 Å². The molecule has 0 saturated heterocycles. The molecule has 0 bridgehead atoms. The summed E-state index contributed by atoms with van der Waals surface area (Å²) < 4.78 is 18.1. The van der Waals surface area contributed by atoms with E-state index in [-0.39, 0.29) is 24.0 Å². The highest BCUT2D eigenvalue weighted by atomic mass is 28.4. The van der Waals surface area contributed by atoms with Gasteiger partial charge >= 0.3 is 0 Å². The standard InChI is InChI=1S/C31H48O4Si/c1-7-27(32)23-24-28(34-25-33-6)18-12-8-11-17-26(2)35-36(31(3,4)5,29-19-13-9-14-20-29)30-21-15-10-16-22-30/h7,9-10,13-16,19-22,26-28,32H,1,8,11-12,17-18,23-25H2,2-6H3/t26-,27?,28-/m0/s1. The van der Waals surface area contributed by atoms with E-state index in [9.17, 15) is 5.11 Å². The minimum Gasteiger partial charge on any atom is -0.405 e. The Kier molecular flexibility index (Phi) is 13.1. The van der Waals surface area contributed by atoms with E-state index in [0.717, 1.165) is 38.5 Å². The van der Waals surface area contributed by atoms with Gasteiger partial charge in [-0.2, -0.15) is 0 Å². The molecule has 0 amide bonds. The van der Waals surface area contributed by atoms with E-state index in [1.165, 1.54) is 10.4 Å². The largest absolute Gasteiger partial charge is 0.405 e. The van der Waals surface area contributed by atoms with E-state index in [4.69, 9.17) is 13.9 Å². The highest BCUT2D eigenvalue weighted by molar-refractivity contribution is 6.99. The van der Waals surface area contributed by atoms with Crippen molar-refractivity contribution in [2.24, 2.45) is 0 Å². The average molecular weight is 513 g/mol. The van der Waals surface area contributed by atoms with Gasteiger partial charge in [-0.3, -0.25) is 0 Å². The van der Waals surface area contributed by atoms with Crippen LogP contribution >= 0.6 is 0 Å². The van der Waals surface area contributed by atoms with Gasteiger partial charge in [-0.25, -0.2) is 0 Å². The van der Waals surface area contributed by atoms with Crippen molar-refractivity contribution >= 4 is 18.7 Å². The first-order valence-electron chi connectivity index (χ1n) is 13.4. The van der Waals surface area contributed by atoms with Gasteiger partial charge in [0.1, 0.15) is 6.79 Å². The molecule has 0 spiro atoms. The summed E-state index contributed by atoms with van der Waals surface area (Å²) in [6.07, 6.45) is 8.19. The Morgan fingerprint density at radius 1 is 0.861 bits per heavy atom. The lowest BCUT2D eigenvalue weighted by molar-refractivity contribution is -0.0792. The molecule has 0 heterocycles. The van der Waals surface area contributed by atoms with Crippen LogP contribution in [0.5, 0.6) is 0 Å². The second kappa shape index (κ2) is 15.5. The Morgan fingerprint density at radius 2 is 1.42 bits per heavy atom. The number of aliphatic hydroxyl groups excluding tert-OH is 1. The summed E-state index contributed by atoms with van der Waals surface area (Å²) in [7, 11) is -0.863. The van der Waals surface area contributed by atoms with Crippen LogP contribution in [0.25, 0.3) is 0 Å². The fourth-order valence-electron chi connectivity index (χ4n) is 4.98. The Labute approximate surface area is 220 Å². The molecular weight excluding hydrogens is 464 g/mol. The van der Waals surface area contributed by atoms with Crippen LogP contribution in [0.1, 0.15) is 72.6 Å². The summed E-state index contributed by atoms with van der Waals surface area (Å²) in [5, 5.41) is 12.5. The van der Waals surface area contributed by atoms with Crippen molar-refractivity contribution in [2.45, 2.75) is 96.0 Å². The molecule has 4 nitrogen and oxygen atoms in total. The first-order chi connectivity index (χ1) is 17.2. The minimum absolute atomic E-state index is 0.00806. The summed E-state index contributed by atoms with van der Waals surface area (Å²) in [5.74, 6) is 0. The van der Waals surface area contributed by atoms with Crippen molar-refractivity contribution in [2.75, 3.05) is 13.9 Å². The lowest BCUT2D eigenvalue weighted by Gasteiger charge is -2.44. The number of hydrogen-bond donors (Lipinski definition) is 1. The van der Waals surface area contributed by atoms with E-state index >= 15 is 0 Å². The maximum atomic E-state index is 9.80. The first-order valence-corrected chi connectivity index (χ1v) is 15.4. The summed E-state index contributed by atoms with van der Waals surface area (Å²) >= 11 is 0.